The van der Waals surface area contributed by atoms with E-state index >= 15 is 0 Å². The van der Waals surface area contributed by atoms with Crippen LogP contribution in [-0.2, 0) is 4.74 Å². The molecule has 1 aromatic heterocycles. The van der Waals surface area contributed by atoms with E-state index in [1.807, 2.05) is 0 Å². The fourth-order valence-electron chi connectivity index (χ4n) is 1.76. The molecular weight excluding hydrogens is 197 g/mol. The zero-order chi connectivity index (χ0) is 10.7. The van der Waals surface area contributed by atoms with Gasteiger partial charge in [0.15, 0.2) is 0 Å². The van der Waals surface area contributed by atoms with Crippen molar-refractivity contribution in [1.82, 2.24) is 4.98 Å². The third-order valence-electron chi connectivity index (χ3n) is 2.54. The Morgan fingerprint density at radius 3 is 2.87 bits per heavy atom. The minimum absolute atomic E-state index is 0.00808. The van der Waals surface area contributed by atoms with Crippen molar-refractivity contribution in [2.45, 2.75) is 31.8 Å². The number of hydrogen-bond donors (Lipinski definition) is 0. The summed E-state index contributed by atoms with van der Waals surface area (Å²) in [5.74, 6) is -1.11. The predicted molar refractivity (Wildman–Crippen MR) is 51.9 cm³/mol. The van der Waals surface area contributed by atoms with Gasteiger partial charge in [0.25, 0.3) is 0 Å². The van der Waals surface area contributed by atoms with Crippen molar-refractivity contribution in [3.8, 4) is 0 Å². The summed E-state index contributed by atoms with van der Waals surface area (Å²) in [6.45, 7) is 0. The molecule has 0 atom stereocenters. The Morgan fingerprint density at radius 2 is 2.20 bits per heavy atom. The van der Waals surface area contributed by atoms with Crippen LogP contribution in [0.25, 0.3) is 0 Å². The third-order valence-corrected chi connectivity index (χ3v) is 2.54. The fraction of sp³-hybridized carbons (Fsp3) is 0.455. The summed E-state index contributed by atoms with van der Waals surface area (Å²) in [5.41, 5.74) is 0.231. The molecule has 0 unspecified atom stereocenters. The van der Waals surface area contributed by atoms with Crippen molar-refractivity contribution in [3.05, 3.63) is 29.8 Å². The Labute approximate surface area is 87.3 Å². The lowest BCUT2D eigenvalue weighted by Gasteiger charge is -2.10. The first-order valence-corrected chi connectivity index (χ1v) is 5.08. The Balaban J connectivity index is 2.01. The van der Waals surface area contributed by atoms with Crippen LogP contribution >= 0.6 is 0 Å². The number of nitrogens with zero attached hydrogens (tertiary/aromatic N) is 1. The Kier molecular flexibility index (Phi) is 2.94. The molecule has 1 aliphatic carbocycles. The smallest absolute Gasteiger partial charge is 0.338 e. The van der Waals surface area contributed by atoms with Crippen molar-refractivity contribution >= 4 is 5.97 Å². The maximum absolute atomic E-state index is 12.7. The van der Waals surface area contributed by atoms with Crippen LogP contribution in [0.15, 0.2) is 18.3 Å². The lowest BCUT2D eigenvalue weighted by atomic mass is 10.2. The molecule has 1 fully saturated rings. The normalized spacial score (nSPS) is 16.6. The Hall–Kier alpha value is -1.45. The van der Waals surface area contributed by atoms with Gasteiger partial charge in [-0.25, -0.2) is 9.78 Å². The molecular formula is C11H12FNO2. The molecule has 80 valence electrons. The largest absolute Gasteiger partial charge is 0.459 e. The summed E-state index contributed by atoms with van der Waals surface area (Å²) in [5, 5.41) is 0. The molecule has 4 heteroatoms. The number of hydrogen-bond acceptors (Lipinski definition) is 3. The van der Waals surface area contributed by atoms with Crippen LogP contribution < -0.4 is 0 Å². The first kappa shape index (κ1) is 10.1. The summed E-state index contributed by atoms with van der Waals surface area (Å²) < 4.78 is 17.9. The van der Waals surface area contributed by atoms with Gasteiger partial charge in [-0.3, -0.25) is 0 Å². The summed E-state index contributed by atoms with van der Waals surface area (Å²) in [6.07, 6.45) is 5.30. The number of carbonyl (C=O) groups excluding carboxylic acids is 1. The van der Waals surface area contributed by atoms with Gasteiger partial charge >= 0.3 is 5.97 Å². The minimum atomic E-state index is -0.657. The zero-order valence-corrected chi connectivity index (χ0v) is 8.28. The van der Waals surface area contributed by atoms with Gasteiger partial charge in [0.2, 0.25) is 5.95 Å². The first-order valence-electron chi connectivity index (χ1n) is 5.08. The second kappa shape index (κ2) is 4.38. The minimum Gasteiger partial charge on any atom is -0.459 e. The van der Waals surface area contributed by atoms with E-state index in [0.717, 1.165) is 31.7 Å². The van der Waals surface area contributed by atoms with E-state index in [0.29, 0.717) is 0 Å². The van der Waals surface area contributed by atoms with E-state index in [-0.39, 0.29) is 11.7 Å². The molecule has 0 aromatic carbocycles. The molecule has 0 aliphatic heterocycles. The van der Waals surface area contributed by atoms with Gasteiger partial charge in [-0.1, -0.05) is 0 Å². The quantitative estimate of drug-likeness (QED) is 0.554. The van der Waals surface area contributed by atoms with Gasteiger partial charge in [-0.15, -0.1) is 0 Å². The van der Waals surface area contributed by atoms with E-state index in [2.05, 4.69) is 4.98 Å². The van der Waals surface area contributed by atoms with Crippen LogP contribution in [0.3, 0.4) is 0 Å². The highest BCUT2D eigenvalue weighted by Crippen LogP contribution is 2.22. The number of aromatic nitrogens is 1. The molecule has 1 aromatic rings. The molecule has 0 amide bonds. The summed E-state index contributed by atoms with van der Waals surface area (Å²) in [7, 11) is 0. The number of pyridine rings is 1. The standard InChI is InChI=1S/C11H12FNO2/c12-10-7-8(5-6-13-10)11(14)15-9-3-1-2-4-9/h5-7,9H,1-4H2. The van der Waals surface area contributed by atoms with Crippen molar-refractivity contribution in [2.24, 2.45) is 0 Å². The number of ether oxygens (including phenoxy) is 1. The summed E-state index contributed by atoms with van der Waals surface area (Å²) >= 11 is 0. The number of halogens is 1. The molecule has 0 spiro atoms. The van der Waals surface area contributed by atoms with Crippen molar-refractivity contribution in [2.75, 3.05) is 0 Å². The highest BCUT2D eigenvalue weighted by atomic mass is 19.1. The number of rotatable bonds is 2. The van der Waals surface area contributed by atoms with Crippen LogP contribution in [0.4, 0.5) is 4.39 Å². The molecule has 1 saturated carbocycles. The lowest BCUT2D eigenvalue weighted by molar-refractivity contribution is 0.0317. The highest BCUT2D eigenvalue weighted by molar-refractivity contribution is 5.89. The maximum Gasteiger partial charge on any atom is 0.338 e. The molecule has 0 radical (unpaired) electrons. The Morgan fingerprint density at radius 1 is 1.47 bits per heavy atom. The van der Waals surface area contributed by atoms with E-state index in [1.165, 1.54) is 12.3 Å². The predicted octanol–water partition coefficient (Wildman–Crippen LogP) is 2.32. The average Bonchev–Trinajstić information content (AvgIpc) is 2.70. The zero-order valence-electron chi connectivity index (χ0n) is 8.28. The van der Waals surface area contributed by atoms with Crippen LogP contribution in [0.1, 0.15) is 36.0 Å². The summed E-state index contributed by atoms with van der Waals surface area (Å²) in [4.78, 5) is 14.9. The van der Waals surface area contributed by atoms with Gasteiger partial charge in [-0.05, 0) is 31.7 Å². The SMILES string of the molecule is O=C(OC1CCCC1)c1ccnc(F)c1. The van der Waals surface area contributed by atoms with Crippen LogP contribution in [0.5, 0.6) is 0 Å². The molecule has 2 rings (SSSR count). The Bertz CT molecular complexity index is 361. The molecule has 0 saturated heterocycles. The molecule has 0 bridgehead atoms. The van der Waals surface area contributed by atoms with Crippen LogP contribution in [0, 0.1) is 5.95 Å². The molecule has 0 N–H and O–H groups in total. The van der Waals surface area contributed by atoms with Gasteiger partial charge < -0.3 is 4.74 Å². The van der Waals surface area contributed by atoms with Gasteiger partial charge in [0.1, 0.15) is 6.10 Å². The first-order chi connectivity index (χ1) is 7.25. The maximum atomic E-state index is 12.7. The van der Waals surface area contributed by atoms with Gasteiger partial charge in [0.05, 0.1) is 5.56 Å². The van der Waals surface area contributed by atoms with E-state index in [1.54, 1.807) is 0 Å². The van der Waals surface area contributed by atoms with Crippen molar-refractivity contribution in [1.29, 1.82) is 0 Å². The highest BCUT2D eigenvalue weighted by Gasteiger charge is 2.20. The average molecular weight is 209 g/mol. The van der Waals surface area contributed by atoms with Crippen molar-refractivity contribution in [3.63, 3.8) is 0 Å². The van der Waals surface area contributed by atoms with E-state index in [4.69, 9.17) is 4.74 Å². The topological polar surface area (TPSA) is 39.2 Å². The van der Waals surface area contributed by atoms with Crippen molar-refractivity contribution < 1.29 is 13.9 Å². The third kappa shape index (κ3) is 2.52. The number of carbonyl (C=O) groups is 1. The molecule has 15 heavy (non-hydrogen) atoms. The van der Waals surface area contributed by atoms with Crippen LogP contribution in [-0.4, -0.2) is 17.1 Å². The second-order valence-corrected chi connectivity index (χ2v) is 3.68. The fourth-order valence-corrected chi connectivity index (χ4v) is 1.76. The second-order valence-electron chi connectivity index (χ2n) is 3.68. The molecule has 3 nitrogen and oxygen atoms in total. The number of esters is 1. The van der Waals surface area contributed by atoms with E-state index < -0.39 is 11.9 Å². The summed E-state index contributed by atoms with van der Waals surface area (Å²) in [6, 6.07) is 2.55. The lowest BCUT2D eigenvalue weighted by Crippen LogP contribution is -2.14. The van der Waals surface area contributed by atoms with Gasteiger partial charge in [-0.2, -0.15) is 4.39 Å². The van der Waals surface area contributed by atoms with E-state index in [9.17, 15) is 9.18 Å². The molecule has 1 aliphatic rings. The van der Waals surface area contributed by atoms with Crippen LogP contribution in [0.2, 0.25) is 0 Å². The van der Waals surface area contributed by atoms with Gasteiger partial charge in [0, 0.05) is 12.3 Å². The monoisotopic (exact) mass is 209 g/mol. The molecule has 1 heterocycles.